The number of pyridine rings is 2. The molecule has 0 N–H and O–H groups in total. The lowest BCUT2D eigenvalue weighted by atomic mass is 9.91. The molecule has 2 atom stereocenters. The maximum Gasteiger partial charge on any atom is 0.416 e. The highest BCUT2D eigenvalue weighted by Crippen LogP contribution is 2.44. The first-order valence-corrected chi connectivity index (χ1v) is 15.2. The Kier molecular flexibility index (Phi) is 10.0. The zero-order valence-corrected chi connectivity index (χ0v) is 26.1. The molecule has 4 heterocycles. The summed E-state index contributed by atoms with van der Waals surface area (Å²) in [5.74, 6) is 0.509. The van der Waals surface area contributed by atoms with Crippen molar-refractivity contribution in [2.24, 2.45) is 0 Å². The van der Waals surface area contributed by atoms with Gasteiger partial charge < -0.3 is 24.0 Å². The van der Waals surface area contributed by atoms with E-state index in [1.165, 1.54) is 12.0 Å². The predicted molar refractivity (Wildman–Crippen MR) is 162 cm³/mol. The molecule has 9 nitrogen and oxygen atoms in total. The molecule has 0 aliphatic carbocycles. The number of benzene rings is 1. The second kappa shape index (κ2) is 13.8. The van der Waals surface area contributed by atoms with Gasteiger partial charge in [-0.3, -0.25) is 4.90 Å². The fourth-order valence-electron chi connectivity index (χ4n) is 5.96. The molecule has 3 aromatic rings. The first kappa shape index (κ1) is 34.1. The van der Waals surface area contributed by atoms with Gasteiger partial charge in [0.05, 0.1) is 67.4 Å². The Bertz CT molecular complexity index is 1510. The number of halogens is 6. The van der Waals surface area contributed by atoms with E-state index in [1.807, 2.05) is 6.92 Å². The molecular weight excluding hydrogens is 632 g/mol. The summed E-state index contributed by atoms with van der Waals surface area (Å²) in [7, 11) is 1.41. The van der Waals surface area contributed by atoms with E-state index in [4.69, 9.17) is 14.2 Å². The molecule has 5 rings (SSSR count). The minimum atomic E-state index is -5.02. The monoisotopic (exact) mass is 667 g/mol. The maximum absolute atomic E-state index is 13.9. The van der Waals surface area contributed by atoms with Gasteiger partial charge in [-0.25, -0.2) is 14.8 Å². The topological polar surface area (TPSA) is 80.3 Å². The van der Waals surface area contributed by atoms with Gasteiger partial charge in [-0.05, 0) is 61.7 Å². The van der Waals surface area contributed by atoms with Gasteiger partial charge in [-0.2, -0.15) is 26.3 Å². The Labute approximate surface area is 268 Å². The summed E-state index contributed by atoms with van der Waals surface area (Å²) < 4.78 is 99.2. The Morgan fingerprint density at radius 1 is 1.00 bits per heavy atom. The van der Waals surface area contributed by atoms with Crippen LogP contribution in [-0.2, 0) is 28.4 Å². The van der Waals surface area contributed by atoms with Crippen molar-refractivity contribution in [1.29, 1.82) is 0 Å². The van der Waals surface area contributed by atoms with Crippen LogP contribution in [0.4, 0.5) is 48.3 Å². The summed E-state index contributed by atoms with van der Waals surface area (Å²) in [4.78, 5) is 27.7. The van der Waals surface area contributed by atoms with Crippen LogP contribution >= 0.6 is 0 Å². The zero-order chi connectivity index (χ0) is 33.9. The molecule has 47 heavy (non-hydrogen) atoms. The molecule has 1 fully saturated rings. The third-order valence-corrected chi connectivity index (χ3v) is 8.24. The number of rotatable bonds is 8. The first-order chi connectivity index (χ1) is 22.3. The van der Waals surface area contributed by atoms with Crippen molar-refractivity contribution in [3.05, 3.63) is 71.0 Å². The average Bonchev–Trinajstić information content (AvgIpc) is 3.06. The molecule has 0 saturated carbocycles. The van der Waals surface area contributed by atoms with Crippen molar-refractivity contribution in [1.82, 2.24) is 9.97 Å². The van der Waals surface area contributed by atoms with E-state index < -0.39 is 41.7 Å². The third-order valence-electron chi connectivity index (χ3n) is 8.24. The molecule has 1 amide bonds. The standard InChI is InChI=1S/C32H35F6N5O4/c1-4-23-17-26(29-25(7-9-28(40-29)45-3)43(23)30(44)47-5-2)42(27-8-6-24(18-39-27)41-10-12-46-13-11-41)19-20-14-21(31(33,34)35)16-22(15-20)32(36,37)38/h6-9,14-16,18,23,26H,4-5,10-13,17,19H2,1-3H3. The predicted octanol–water partition coefficient (Wildman–Crippen LogP) is 7.25. The molecule has 1 aromatic carbocycles. The number of hydrogen-bond donors (Lipinski definition) is 0. The van der Waals surface area contributed by atoms with Gasteiger partial charge in [-0.1, -0.05) is 6.92 Å². The lowest BCUT2D eigenvalue weighted by Gasteiger charge is -2.43. The van der Waals surface area contributed by atoms with Crippen molar-refractivity contribution >= 4 is 23.3 Å². The highest BCUT2D eigenvalue weighted by Gasteiger charge is 2.42. The second-order valence-electron chi connectivity index (χ2n) is 11.2. The highest BCUT2D eigenvalue weighted by molar-refractivity contribution is 5.90. The highest BCUT2D eigenvalue weighted by atomic mass is 19.4. The van der Waals surface area contributed by atoms with Crippen LogP contribution < -0.4 is 19.4 Å². The van der Waals surface area contributed by atoms with Crippen LogP contribution in [0.2, 0.25) is 0 Å². The number of fused-ring (bicyclic) bond motifs is 1. The van der Waals surface area contributed by atoms with Crippen molar-refractivity contribution in [3.8, 4) is 5.88 Å². The quantitative estimate of drug-likeness (QED) is 0.233. The molecule has 2 aromatic heterocycles. The average molecular weight is 668 g/mol. The molecule has 2 unspecified atom stereocenters. The van der Waals surface area contributed by atoms with Crippen LogP contribution in [0.15, 0.2) is 48.7 Å². The van der Waals surface area contributed by atoms with Gasteiger partial charge in [0.25, 0.3) is 0 Å². The van der Waals surface area contributed by atoms with E-state index in [-0.39, 0.29) is 37.1 Å². The lowest BCUT2D eigenvalue weighted by molar-refractivity contribution is -0.143. The van der Waals surface area contributed by atoms with Crippen LogP contribution in [-0.4, -0.2) is 62.1 Å². The van der Waals surface area contributed by atoms with E-state index in [0.717, 1.165) is 17.8 Å². The SMILES string of the molecule is CCOC(=O)N1c2ccc(OC)nc2C(N(Cc2cc(C(F)(F)F)cc(C(F)(F)F)c2)c2ccc(N3CCOCC3)cn2)CC1CC. The van der Waals surface area contributed by atoms with E-state index >= 15 is 0 Å². The number of aromatic nitrogens is 2. The Balaban J connectivity index is 1.66. The third kappa shape index (κ3) is 7.50. The molecule has 1 saturated heterocycles. The van der Waals surface area contributed by atoms with E-state index in [0.29, 0.717) is 49.9 Å². The Morgan fingerprint density at radius 2 is 1.68 bits per heavy atom. The molecular formula is C32H35F6N5O4. The summed E-state index contributed by atoms with van der Waals surface area (Å²) in [6, 6.07) is 7.07. The first-order valence-electron chi connectivity index (χ1n) is 15.2. The van der Waals surface area contributed by atoms with Gasteiger partial charge in [-0.15, -0.1) is 0 Å². The summed E-state index contributed by atoms with van der Waals surface area (Å²) in [5, 5.41) is 0. The largest absolute Gasteiger partial charge is 0.481 e. The Morgan fingerprint density at radius 3 is 2.23 bits per heavy atom. The van der Waals surface area contributed by atoms with Gasteiger partial charge in [0.2, 0.25) is 5.88 Å². The second-order valence-corrected chi connectivity index (χ2v) is 11.2. The van der Waals surface area contributed by atoms with Gasteiger partial charge in [0, 0.05) is 31.7 Å². The molecule has 0 bridgehead atoms. The van der Waals surface area contributed by atoms with Crippen molar-refractivity contribution in [3.63, 3.8) is 0 Å². The van der Waals surface area contributed by atoms with Crippen molar-refractivity contribution in [2.45, 2.75) is 57.7 Å². The fraction of sp³-hybridized carbons (Fsp3) is 0.469. The number of carbonyl (C=O) groups excluding carboxylic acids is 1. The van der Waals surface area contributed by atoms with Crippen LogP contribution in [0.3, 0.4) is 0 Å². The molecule has 2 aliphatic heterocycles. The van der Waals surface area contributed by atoms with Crippen LogP contribution in [0.1, 0.15) is 55.1 Å². The van der Waals surface area contributed by atoms with Crippen molar-refractivity contribution < 1.29 is 45.3 Å². The number of methoxy groups -OCH3 is 1. The summed E-state index contributed by atoms with van der Waals surface area (Å²) >= 11 is 0. The number of morpholine rings is 1. The van der Waals surface area contributed by atoms with E-state index in [1.54, 1.807) is 42.3 Å². The summed E-state index contributed by atoms with van der Waals surface area (Å²) in [6.07, 6.45) is -8.32. The Hall–Kier alpha value is -4.27. The number of hydrogen-bond acceptors (Lipinski definition) is 8. The summed E-state index contributed by atoms with van der Waals surface area (Å²) in [6.45, 7) is 5.63. The maximum atomic E-state index is 13.9. The van der Waals surface area contributed by atoms with Gasteiger partial charge in [0.1, 0.15) is 5.82 Å². The van der Waals surface area contributed by atoms with E-state index in [2.05, 4.69) is 14.9 Å². The molecule has 254 valence electrons. The molecule has 0 spiro atoms. The van der Waals surface area contributed by atoms with Gasteiger partial charge >= 0.3 is 18.4 Å². The minimum absolute atomic E-state index is 0.107. The molecule has 15 heteroatoms. The van der Waals surface area contributed by atoms with Crippen molar-refractivity contribution in [2.75, 3.05) is 54.7 Å². The molecule has 0 radical (unpaired) electrons. The summed E-state index contributed by atoms with van der Waals surface area (Å²) in [5.41, 5.74) is -1.54. The van der Waals surface area contributed by atoms with Crippen LogP contribution in [0, 0.1) is 0 Å². The molecule has 2 aliphatic rings. The number of ether oxygens (including phenoxy) is 3. The number of amides is 1. The van der Waals surface area contributed by atoms with E-state index in [9.17, 15) is 31.1 Å². The number of anilines is 3. The number of carbonyl (C=O) groups is 1. The zero-order valence-electron chi connectivity index (χ0n) is 26.1. The minimum Gasteiger partial charge on any atom is -0.481 e. The van der Waals surface area contributed by atoms with Gasteiger partial charge in [0.15, 0.2) is 0 Å². The number of nitrogens with zero attached hydrogens (tertiary/aromatic N) is 5. The normalized spacial score (nSPS) is 18.5. The number of alkyl halides is 6. The smallest absolute Gasteiger partial charge is 0.416 e. The van der Waals surface area contributed by atoms with Crippen LogP contribution in [0.5, 0.6) is 5.88 Å². The fourth-order valence-corrected chi connectivity index (χ4v) is 5.96. The van der Waals surface area contributed by atoms with Crippen LogP contribution in [0.25, 0.3) is 0 Å². The lowest BCUT2D eigenvalue weighted by Crippen LogP contribution is -2.48.